The molecule has 1 amide bonds. The van der Waals surface area contributed by atoms with E-state index in [4.69, 9.17) is 0 Å². The third kappa shape index (κ3) is 2.48. The van der Waals surface area contributed by atoms with E-state index in [1.807, 2.05) is 25.4 Å². The van der Waals surface area contributed by atoms with Crippen LogP contribution >= 0.6 is 11.3 Å². The molecule has 2 aromatic heterocycles. The van der Waals surface area contributed by atoms with Crippen molar-refractivity contribution in [3.05, 3.63) is 16.8 Å². The van der Waals surface area contributed by atoms with Crippen LogP contribution in [0.5, 0.6) is 0 Å². The Hall–Kier alpha value is -1.69. The predicted molar refractivity (Wildman–Crippen MR) is 97.7 cm³/mol. The van der Waals surface area contributed by atoms with Gasteiger partial charge in [0.25, 0.3) is 0 Å². The van der Waals surface area contributed by atoms with Crippen LogP contribution in [0.3, 0.4) is 0 Å². The summed E-state index contributed by atoms with van der Waals surface area (Å²) in [6.07, 6.45) is 7.10. The Balaban J connectivity index is 1.81. The summed E-state index contributed by atoms with van der Waals surface area (Å²) in [4.78, 5) is 28.2. The summed E-state index contributed by atoms with van der Waals surface area (Å²) in [7, 11) is 3.67. The van der Waals surface area contributed by atoms with Gasteiger partial charge in [-0.25, -0.2) is 9.97 Å². The van der Waals surface area contributed by atoms with Crippen molar-refractivity contribution in [2.45, 2.75) is 45.1 Å². The average molecular weight is 344 g/mol. The summed E-state index contributed by atoms with van der Waals surface area (Å²) >= 11 is 1.82. The molecule has 0 N–H and O–H groups in total. The van der Waals surface area contributed by atoms with Crippen molar-refractivity contribution >= 4 is 33.3 Å². The molecule has 1 saturated heterocycles. The van der Waals surface area contributed by atoms with Crippen molar-refractivity contribution in [2.24, 2.45) is 5.92 Å². The number of hydrogen-bond donors (Lipinski definition) is 0. The van der Waals surface area contributed by atoms with Crippen LogP contribution < -0.4 is 4.90 Å². The Morgan fingerprint density at radius 2 is 2.17 bits per heavy atom. The number of rotatable bonds is 2. The molecule has 128 valence electrons. The zero-order chi connectivity index (χ0) is 16.8. The zero-order valence-corrected chi connectivity index (χ0v) is 15.4. The summed E-state index contributed by atoms with van der Waals surface area (Å²) in [5.74, 6) is 1.90. The predicted octanol–water partition coefficient (Wildman–Crippen LogP) is 2.87. The third-order valence-corrected chi connectivity index (χ3v) is 6.48. The van der Waals surface area contributed by atoms with Crippen LogP contribution in [-0.2, 0) is 17.6 Å². The van der Waals surface area contributed by atoms with Gasteiger partial charge >= 0.3 is 0 Å². The second-order valence-electron chi connectivity index (χ2n) is 7.31. The van der Waals surface area contributed by atoms with Gasteiger partial charge in [0.05, 0.1) is 5.39 Å². The number of carbonyl (C=O) groups excluding carboxylic acids is 1. The van der Waals surface area contributed by atoms with Crippen LogP contribution in [0.2, 0.25) is 0 Å². The lowest BCUT2D eigenvalue weighted by Crippen LogP contribution is -2.43. The van der Waals surface area contributed by atoms with Gasteiger partial charge in [-0.05, 0) is 43.6 Å². The molecule has 6 heteroatoms. The lowest BCUT2D eigenvalue weighted by Gasteiger charge is -2.28. The number of fused-ring (bicyclic) bond motifs is 3. The highest BCUT2D eigenvalue weighted by molar-refractivity contribution is 7.19. The molecular formula is C18H24N4OS. The minimum absolute atomic E-state index is 0.0869. The maximum atomic E-state index is 12.6. The summed E-state index contributed by atoms with van der Waals surface area (Å²) in [5.41, 5.74) is 1.44. The number of anilines is 1. The molecule has 2 atom stereocenters. The molecule has 1 aliphatic heterocycles. The van der Waals surface area contributed by atoms with Crippen molar-refractivity contribution in [3.8, 4) is 0 Å². The molecule has 0 spiro atoms. The Kier molecular flexibility index (Phi) is 3.95. The van der Waals surface area contributed by atoms with Crippen molar-refractivity contribution in [2.75, 3.05) is 25.5 Å². The van der Waals surface area contributed by atoms with Gasteiger partial charge in [-0.2, -0.15) is 0 Å². The number of thiophene rings is 1. The number of hydrogen-bond acceptors (Lipinski definition) is 5. The van der Waals surface area contributed by atoms with Crippen molar-refractivity contribution in [1.82, 2.24) is 14.9 Å². The molecular weight excluding hydrogens is 320 g/mol. The van der Waals surface area contributed by atoms with Crippen molar-refractivity contribution in [1.29, 1.82) is 0 Å². The SMILES string of the molecule is CC1CCc2c(sc3ncnc(N4CCCC4C(=O)N(C)C)c23)C1. The van der Waals surface area contributed by atoms with Crippen LogP contribution in [0.15, 0.2) is 6.33 Å². The van der Waals surface area contributed by atoms with Crippen LogP contribution in [0, 0.1) is 5.92 Å². The van der Waals surface area contributed by atoms with E-state index in [2.05, 4.69) is 21.8 Å². The number of carbonyl (C=O) groups is 1. The fourth-order valence-corrected chi connectivity index (χ4v) is 5.40. The molecule has 24 heavy (non-hydrogen) atoms. The highest BCUT2D eigenvalue weighted by Crippen LogP contribution is 2.41. The minimum atomic E-state index is -0.0869. The molecule has 0 aromatic carbocycles. The fourth-order valence-electron chi connectivity index (χ4n) is 4.05. The second-order valence-corrected chi connectivity index (χ2v) is 8.40. The standard InChI is InChI=1S/C18H24N4OS/c1-11-6-7-12-14(9-11)24-17-15(12)16(19-10-20-17)22-8-4-5-13(22)18(23)21(2)3/h10-11,13H,4-9H2,1-3H3. The smallest absolute Gasteiger partial charge is 0.244 e. The second kappa shape index (κ2) is 5.99. The highest BCUT2D eigenvalue weighted by atomic mass is 32.1. The van der Waals surface area contributed by atoms with E-state index in [9.17, 15) is 4.79 Å². The van der Waals surface area contributed by atoms with Crippen LogP contribution in [0.1, 0.15) is 36.6 Å². The number of amides is 1. The molecule has 2 aliphatic rings. The van der Waals surface area contributed by atoms with Crippen LogP contribution in [0.4, 0.5) is 5.82 Å². The van der Waals surface area contributed by atoms with E-state index >= 15 is 0 Å². The van der Waals surface area contributed by atoms with Gasteiger partial charge in [0.1, 0.15) is 23.0 Å². The van der Waals surface area contributed by atoms with E-state index in [-0.39, 0.29) is 11.9 Å². The van der Waals surface area contributed by atoms with Gasteiger partial charge in [0.2, 0.25) is 5.91 Å². The molecule has 0 saturated carbocycles. The van der Waals surface area contributed by atoms with E-state index in [0.717, 1.165) is 48.8 Å². The van der Waals surface area contributed by atoms with Crippen molar-refractivity contribution in [3.63, 3.8) is 0 Å². The number of aryl methyl sites for hydroxylation is 1. The summed E-state index contributed by atoms with van der Waals surface area (Å²) in [6.45, 7) is 3.23. The van der Waals surface area contributed by atoms with E-state index in [1.165, 1.54) is 22.2 Å². The zero-order valence-electron chi connectivity index (χ0n) is 14.6. The van der Waals surface area contributed by atoms with Gasteiger partial charge in [-0.1, -0.05) is 6.92 Å². The molecule has 4 rings (SSSR count). The molecule has 1 aliphatic carbocycles. The van der Waals surface area contributed by atoms with E-state index in [0.29, 0.717) is 0 Å². The molecule has 2 unspecified atom stereocenters. The summed E-state index contributed by atoms with van der Waals surface area (Å²) < 4.78 is 0. The molecule has 2 aromatic rings. The lowest BCUT2D eigenvalue weighted by molar-refractivity contribution is -0.129. The molecule has 5 nitrogen and oxygen atoms in total. The van der Waals surface area contributed by atoms with Gasteiger partial charge < -0.3 is 9.80 Å². The number of likely N-dealkylation sites (N-methyl/N-ethyl adjacent to an activating group) is 1. The van der Waals surface area contributed by atoms with Crippen LogP contribution in [-0.4, -0.2) is 47.5 Å². The average Bonchev–Trinajstić information content (AvgIpc) is 3.17. The third-order valence-electron chi connectivity index (χ3n) is 5.32. The highest BCUT2D eigenvalue weighted by Gasteiger charge is 2.35. The molecule has 3 heterocycles. The summed E-state index contributed by atoms with van der Waals surface area (Å²) in [6, 6.07) is -0.0869. The summed E-state index contributed by atoms with van der Waals surface area (Å²) in [5, 5.41) is 1.21. The van der Waals surface area contributed by atoms with Gasteiger partial charge in [-0.15, -0.1) is 11.3 Å². The van der Waals surface area contributed by atoms with Gasteiger partial charge in [0, 0.05) is 25.5 Å². The fraction of sp³-hybridized carbons (Fsp3) is 0.611. The quantitative estimate of drug-likeness (QED) is 0.840. The molecule has 1 fully saturated rings. The first-order chi connectivity index (χ1) is 11.6. The normalized spacial score (nSPS) is 23.5. The first-order valence-electron chi connectivity index (χ1n) is 8.79. The maximum Gasteiger partial charge on any atom is 0.244 e. The van der Waals surface area contributed by atoms with Gasteiger partial charge in [-0.3, -0.25) is 4.79 Å². The van der Waals surface area contributed by atoms with Crippen molar-refractivity contribution < 1.29 is 4.79 Å². The maximum absolute atomic E-state index is 12.6. The topological polar surface area (TPSA) is 49.3 Å². The Bertz CT molecular complexity index is 785. The minimum Gasteiger partial charge on any atom is -0.347 e. The van der Waals surface area contributed by atoms with Crippen LogP contribution in [0.25, 0.3) is 10.2 Å². The first kappa shape index (κ1) is 15.8. The first-order valence-corrected chi connectivity index (χ1v) is 9.61. The Morgan fingerprint density at radius 1 is 1.33 bits per heavy atom. The van der Waals surface area contributed by atoms with Gasteiger partial charge in [0.15, 0.2) is 0 Å². The monoisotopic (exact) mass is 344 g/mol. The largest absolute Gasteiger partial charge is 0.347 e. The lowest BCUT2D eigenvalue weighted by atomic mass is 9.89. The number of aromatic nitrogens is 2. The van der Waals surface area contributed by atoms with E-state index in [1.54, 1.807) is 11.2 Å². The Labute approximate surface area is 146 Å². The molecule has 0 bridgehead atoms. The van der Waals surface area contributed by atoms with E-state index < -0.39 is 0 Å². The number of nitrogens with zero attached hydrogens (tertiary/aromatic N) is 4. The molecule has 0 radical (unpaired) electrons. The Morgan fingerprint density at radius 3 is 2.96 bits per heavy atom.